The first-order chi connectivity index (χ1) is 34.1. The fourth-order valence-electron chi connectivity index (χ4n) is 10.9. The number of amides is 7. The van der Waals surface area contributed by atoms with Crippen LogP contribution >= 0.6 is 22.9 Å². The van der Waals surface area contributed by atoms with Gasteiger partial charge >= 0.3 is 6.18 Å². The average Bonchev–Trinajstić information content (AvgIpc) is 4.03. The van der Waals surface area contributed by atoms with Crippen LogP contribution in [0.3, 0.4) is 0 Å². The van der Waals surface area contributed by atoms with Crippen molar-refractivity contribution in [3.8, 4) is 10.4 Å². The van der Waals surface area contributed by atoms with Crippen LogP contribution in [0.1, 0.15) is 96.5 Å². The van der Waals surface area contributed by atoms with Crippen molar-refractivity contribution < 1.29 is 56.2 Å². The summed E-state index contributed by atoms with van der Waals surface area (Å²) < 4.78 is 54.9. The summed E-state index contributed by atoms with van der Waals surface area (Å²) in [7, 11) is 7.21. The Hall–Kier alpha value is -4.86. The second-order valence-corrected chi connectivity index (χ2v) is 21.9. The molecule has 2 aromatic rings. The zero-order chi connectivity index (χ0) is 52.7. The lowest BCUT2D eigenvalue weighted by Crippen LogP contribution is -2.66. The molecule has 2 saturated heterocycles. The van der Waals surface area contributed by atoms with Crippen LogP contribution in [-0.4, -0.2) is 170 Å². The molecule has 2 aliphatic carbocycles. The van der Waals surface area contributed by atoms with E-state index in [0.29, 0.717) is 42.7 Å². The SMILES string of the molecule is COCC[C@H](NC(=O)[C@@H]1CCCN1C(=O)C1(C(F)(F)F)CC2(CCC2)C1)C(=O)N(C)[C@H]1CCCCN(C)C(=O)[C@@H](COC)NC(=O)[C@H](Cc2cc(Cl)ccc2-c2cncs2)N(C)C(=O)[C@H](CC(C)C)NC1=O. The van der Waals surface area contributed by atoms with Crippen molar-refractivity contribution >= 4 is 64.3 Å². The van der Waals surface area contributed by atoms with E-state index in [4.69, 9.17) is 21.1 Å². The number of halogens is 4. The van der Waals surface area contributed by atoms with Crippen LogP contribution in [0.2, 0.25) is 5.02 Å². The minimum absolute atomic E-state index is 0.0225. The van der Waals surface area contributed by atoms with Gasteiger partial charge < -0.3 is 45.0 Å². The summed E-state index contributed by atoms with van der Waals surface area (Å²) in [5.41, 5.74) is -0.0491. The average molecular weight is 1050 g/mol. The summed E-state index contributed by atoms with van der Waals surface area (Å²) in [6.07, 6.45) is -0.543. The molecule has 2 aliphatic heterocycles. The highest BCUT2D eigenvalue weighted by atomic mass is 35.5. The Morgan fingerprint density at radius 3 is 2.28 bits per heavy atom. The van der Waals surface area contributed by atoms with Gasteiger partial charge in [0.25, 0.3) is 0 Å². The molecule has 3 heterocycles. The minimum Gasteiger partial charge on any atom is -0.385 e. The van der Waals surface area contributed by atoms with Gasteiger partial charge in [0.1, 0.15) is 41.7 Å². The normalized spacial score (nSPS) is 24.6. The number of likely N-dealkylation sites (N-methyl/N-ethyl adjacent to an activating group) is 3. The van der Waals surface area contributed by atoms with E-state index < -0.39 is 94.6 Å². The molecule has 22 heteroatoms. The van der Waals surface area contributed by atoms with E-state index >= 15 is 0 Å². The van der Waals surface area contributed by atoms with Gasteiger partial charge in [0.2, 0.25) is 41.4 Å². The maximum absolute atomic E-state index is 14.9. The quantitative estimate of drug-likeness (QED) is 0.219. The van der Waals surface area contributed by atoms with Gasteiger partial charge in [-0.25, -0.2) is 0 Å². The fourth-order valence-corrected chi connectivity index (χ4v) is 11.8. The van der Waals surface area contributed by atoms with Gasteiger partial charge in [0, 0.05) is 72.7 Å². The molecule has 0 radical (unpaired) electrons. The Bertz CT molecular complexity index is 2280. The zero-order valence-electron chi connectivity index (χ0n) is 42.3. The van der Waals surface area contributed by atoms with E-state index in [9.17, 15) is 46.7 Å². The number of hydrogen-bond acceptors (Lipinski definition) is 11. The van der Waals surface area contributed by atoms with Crippen LogP contribution in [0, 0.1) is 16.7 Å². The van der Waals surface area contributed by atoms with Crippen molar-refractivity contribution in [3.63, 3.8) is 0 Å². The summed E-state index contributed by atoms with van der Waals surface area (Å²) in [6, 6.07) is -2.19. The first kappa shape index (κ1) is 56.4. The Morgan fingerprint density at radius 1 is 0.958 bits per heavy atom. The van der Waals surface area contributed by atoms with Crippen LogP contribution in [0.15, 0.2) is 29.9 Å². The van der Waals surface area contributed by atoms with Crippen molar-refractivity contribution in [1.82, 2.24) is 40.5 Å². The highest BCUT2D eigenvalue weighted by Crippen LogP contribution is 2.69. The van der Waals surface area contributed by atoms with Crippen LogP contribution in [0.25, 0.3) is 10.4 Å². The number of rotatable bonds is 15. The standard InChI is InChI=1S/C50H70ClF3N8O9S/c1-30(2)22-35-46(68)61(5)39(24-31-23-32(51)14-15-33(31)40-25-55-29-72-40)43(65)58-36(26-71-7)44(66)59(3)19-9-8-12-37(41(63)57-35)60(4)45(67)34(16-21-70-6)56-42(64)38-13-10-20-62(38)47(69)49(50(52,53)54)27-48(28-49)17-11-18-48/h14-15,23,25,29-30,34-39H,8-13,16-22,24,26-28H2,1-7H3,(H,56,64)(H,57,63)(H,58,65)/t34-,35-,36+,37-,38-,39-/m0/s1. The molecular weight excluding hydrogens is 981 g/mol. The zero-order valence-corrected chi connectivity index (χ0v) is 43.9. The third-order valence-corrected chi connectivity index (χ3v) is 16.1. The van der Waals surface area contributed by atoms with Gasteiger partial charge in [0.15, 0.2) is 0 Å². The van der Waals surface area contributed by atoms with Gasteiger partial charge in [-0.1, -0.05) is 37.9 Å². The molecule has 1 aromatic heterocycles. The molecule has 72 heavy (non-hydrogen) atoms. The fraction of sp³-hybridized carbons (Fsp3) is 0.680. The number of likely N-dealkylation sites (tertiary alicyclic amines) is 1. The predicted octanol–water partition coefficient (Wildman–Crippen LogP) is 4.99. The number of methoxy groups -OCH3 is 2. The van der Waals surface area contributed by atoms with Crippen molar-refractivity contribution in [2.75, 3.05) is 61.7 Å². The monoisotopic (exact) mass is 1050 g/mol. The summed E-state index contributed by atoms with van der Waals surface area (Å²) in [5.74, 6) is -5.20. The van der Waals surface area contributed by atoms with Gasteiger partial charge in [0.05, 0.1) is 17.0 Å². The first-order valence-electron chi connectivity index (χ1n) is 24.8. The van der Waals surface area contributed by atoms with E-state index in [-0.39, 0.29) is 77.2 Å². The maximum Gasteiger partial charge on any atom is 0.403 e. The predicted molar refractivity (Wildman–Crippen MR) is 263 cm³/mol. The second-order valence-electron chi connectivity index (χ2n) is 20.6. The van der Waals surface area contributed by atoms with Crippen LogP contribution in [0.5, 0.6) is 0 Å². The molecule has 0 bridgehead atoms. The number of hydrogen-bond donors (Lipinski definition) is 3. The maximum atomic E-state index is 14.9. The van der Waals surface area contributed by atoms with E-state index in [1.165, 1.54) is 54.4 Å². The molecule has 398 valence electrons. The lowest BCUT2D eigenvalue weighted by Gasteiger charge is -2.60. The lowest BCUT2D eigenvalue weighted by atomic mass is 9.44. The minimum atomic E-state index is -4.80. The van der Waals surface area contributed by atoms with Crippen molar-refractivity contribution in [1.29, 1.82) is 0 Å². The molecule has 2 saturated carbocycles. The molecule has 7 amide bonds. The summed E-state index contributed by atoms with van der Waals surface area (Å²) in [5, 5.41) is 8.83. The third kappa shape index (κ3) is 12.5. The Labute approximate surface area is 428 Å². The summed E-state index contributed by atoms with van der Waals surface area (Å²) in [6.45, 7) is 3.68. The topological polar surface area (TPSA) is 200 Å². The summed E-state index contributed by atoms with van der Waals surface area (Å²) in [4.78, 5) is 111. The highest BCUT2D eigenvalue weighted by molar-refractivity contribution is 7.13. The Kier molecular flexibility index (Phi) is 18.8. The van der Waals surface area contributed by atoms with Crippen molar-refractivity contribution in [3.05, 3.63) is 40.5 Å². The van der Waals surface area contributed by atoms with E-state index in [1.807, 2.05) is 13.8 Å². The second kappa shape index (κ2) is 24.0. The third-order valence-electron chi connectivity index (χ3n) is 15.0. The number of alkyl halides is 3. The van der Waals surface area contributed by atoms with Gasteiger partial charge in [-0.05, 0) is 105 Å². The number of ether oxygens (including phenoxy) is 2. The first-order valence-corrected chi connectivity index (χ1v) is 26.0. The van der Waals surface area contributed by atoms with E-state index in [0.717, 1.165) is 21.8 Å². The van der Waals surface area contributed by atoms with Crippen LogP contribution in [0.4, 0.5) is 13.2 Å². The molecule has 17 nitrogen and oxygen atoms in total. The Balaban J connectivity index is 1.28. The smallest absolute Gasteiger partial charge is 0.385 e. The van der Waals surface area contributed by atoms with Crippen molar-refractivity contribution in [2.24, 2.45) is 16.7 Å². The molecule has 1 aromatic carbocycles. The number of nitrogens with one attached hydrogen (secondary N) is 3. The molecule has 3 N–H and O–H groups in total. The lowest BCUT2D eigenvalue weighted by molar-refractivity contribution is -0.285. The molecule has 6 rings (SSSR count). The van der Waals surface area contributed by atoms with Gasteiger partial charge in [-0.15, -0.1) is 11.3 Å². The number of carbonyl (C=O) groups excluding carboxylic acids is 7. The molecule has 0 unspecified atom stereocenters. The number of benzene rings is 1. The Morgan fingerprint density at radius 2 is 1.67 bits per heavy atom. The van der Waals surface area contributed by atoms with Crippen LogP contribution in [-0.2, 0) is 49.5 Å². The van der Waals surface area contributed by atoms with E-state index in [2.05, 4.69) is 20.9 Å². The van der Waals surface area contributed by atoms with Crippen LogP contribution < -0.4 is 16.0 Å². The van der Waals surface area contributed by atoms with Gasteiger partial charge in [-0.3, -0.25) is 38.5 Å². The highest BCUT2D eigenvalue weighted by Gasteiger charge is 2.73. The largest absolute Gasteiger partial charge is 0.403 e. The number of aromatic nitrogens is 1. The molecule has 1 spiro atoms. The van der Waals surface area contributed by atoms with E-state index in [1.54, 1.807) is 37.0 Å². The number of carbonyl (C=O) groups is 7. The van der Waals surface area contributed by atoms with Crippen molar-refractivity contribution in [2.45, 2.75) is 140 Å². The molecule has 4 aliphatic rings. The molecular formula is C50H70ClF3N8O9S. The summed E-state index contributed by atoms with van der Waals surface area (Å²) >= 11 is 7.89. The molecule has 4 fully saturated rings. The number of nitrogens with zero attached hydrogens (tertiary/aromatic N) is 5. The van der Waals surface area contributed by atoms with Gasteiger partial charge in [-0.2, -0.15) is 13.2 Å². The number of thiazole rings is 1. The molecule has 6 atom stereocenters.